The van der Waals surface area contributed by atoms with Gasteiger partial charge < -0.3 is 0 Å². The number of rotatable bonds is 4. The summed E-state index contributed by atoms with van der Waals surface area (Å²) in [6.07, 6.45) is 0. The third kappa shape index (κ3) is 6.91. The van der Waals surface area contributed by atoms with Crippen molar-refractivity contribution in [1.29, 1.82) is 0 Å². The summed E-state index contributed by atoms with van der Waals surface area (Å²) in [7, 11) is 10.3. The van der Waals surface area contributed by atoms with Gasteiger partial charge >= 0.3 is 0 Å². The molecule has 6 radical (unpaired) electrons. The van der Waals surface area contributed by atoms with Gasteiger partial charge in [0.15, 0.2) is 0 Å². The number of hydrogen-bond donors (Lipinski definition) is 0. The van der Waals surface area contributed by atoms with Gasteiger partial charge in [0, 0.05) is 14.9 Å². The van der Waals surface area contributed by atoms with Crippen molar-refractivity contribution in [2.24, 2.45) is 0 Å². The maximum atomic E-state index is 5.34. The Labute approximate surface area is 56.0 Å². The lowest BCUT2D eigenvalue weighted by atomic mass is 10.6. The van der Waals surface area contributed by atoms with E-state index in [4.69, 9.17) is 14.9 Å². The molecular formula is H6B4Si3. The Hall–Kier alpha value is 0.910. The second-order valence-corrected chi connectivity index (χ2v) is 7.32. The Kier molecular flexibility index (Phi) is 7.81. The van der Waals surface area contributed by atoms with Gasteiger partial charge in [0.2, 0.25) is 0 Å². The lowest BCUT2D eigenvalue weighted by Crippen LogP contribution is -2.23. The maximum Gasteiger partial charge on any atom is 0.0641 e. The Balaban J connectivity index is 2.45. The fourth-order valence-electron chi connectivity index (χ4n) is 0.310. The zero-order valence-corrected chi connectivity index (χ0v) is 8.67. The van der Waals surface area contributed by atoms with Gasteiger partial charge in [-0.2, -0.15) is 0 Å². The normalized spacial score (nSPS) is 13.1. The van der Waals surface area contributed by atoms with Crippen LogP contribution in [-0.4, -0.2) is 55.6 Å². The highest BCUT2D eigenvalue weighted by atomic mass is 28.3. The highest BCUT2D eigenvalue weighted by Gasteiger charge is 1.85. The lowest BCUT2D eigenvalue weighted by Gasteiger charge is -1.85. The van der Waals surface area contributed by atoms with Gasteiger partial charge in [0.1, 0.15) is 0 Å². The lowest BCUT2D eigenvalue weighted by molar-refractivity contribution is 3.91. The van der Waals surface area contributed by atoms with Gasteiger partial charge in [0.05, 0.1) is 12.9 Å². The largest absolute Gasteiger partial charge is 0.0641 e. The van der Waals surface area contributed by atoms with Crippen molar-refractivity contribution >= 4 is 55.6 Å². The van der Waals surface area contributed by atoms with E-state index in [1.54, 1.807) is 0 Å². The highest BCUT2D eigenvalue weighted by molar-refractivity contribution is 7.61. The average Bonchev–Trinajstić information content (AvgIpc) is 1.69. The van der Waals surface area contributed by atoms with Crippen LogP contribution in [0.4, 0.5) is 0 Å². The minimum absolute atomic E-state index is 0.0347. The molecule has 7 heavy (non-hydrogen) atoms. The summed E-state index contributed by atoms with van der Waals surface area (Å²) in [5, 5.41) is 0. The molecule has 0 aliphatic carbocycles. The molecule has 0 bridgehead atoms. The fraction of sp³-hybridized carbons (Fsp3) is 0. The smallest absolute Gasteiger partial charge is 0.0576 e. The topological polar surface area (TPSA) is 0 Å². The maximum absolute atomic E-state index is 5.34. The van der Waals surface area contributed by atoms with Gasteiger partial charge in [0.25, 0.3) is 0 Å². The summed E-state index contributed by atoms with van der Waals surface area (Å²) >= 11 is 0. The SMILES string of the molecule is [B][SiH2][B][SiH2][B][SiH2][B]. The van der Waals surface area contributed by atoms with Gasteiger partial charge in [-0.15, -0.1) is 0 Å². The third-order valence-electron chi connectivity index (χ3n) is 0.667. The molecular weight excluding hydrogens is 128 g/mol. The minimum Gasteiger partial charge on any atom is -0.0576 e. The van der Waals surface area contributed by atoms with Crippen molar-refractivity contribution in [1.82, 2.24) is 0 Å². The third-order valence-corrected chi connectivity index (χ3v) is 6.00. The summed E-state index contributed by atoms with van der Waals surface area (Å²) in [5.74, 6) is 0. The second-order valence-electron chi connectivity index (χ2n) is 1.28. The average molecular weight is 134 g/mol. The van der Waals surface area contributed by atoms with Gasteiger partial charge in [-0.3, -0.25) is 0 Å². The predicted molar refractivity (Wildman–Crippen MR) is 48.6 cm³/mol. The van der Waals surface area contributed by atoms with Crippen molar-refractivity contribution in [2.45, 2.75) is 0 Å². The molecule has 0 rings (SSSR count). The molecule has 0 aliphatic rings. The van der Waals surface area contributed by atoms with E-state index in [2.05, 4.69) is 12.9 Å². The molecule has 0 amide bonds. The van der Waals surface area contributed by atoms with Crippen LogP contribution in [0.25, 0.3) is 0 Å². The van der Waals surface area contributed by atoms with Gasteiger partial charge in [-0.05, 0) is 0 Å². The molecule has 0 aliphatic heterocycles. The molecule has 7 heteroatoms. The Morgan fingerprint density at radius 2 is 1.43 bits per heavy atom. The minimum atomic E-state index is -0.234. The first-order valence-electron chi connectivity index (χ1n) is 2.45. The molecule has 0 aromatic heterocycles. The molecule has 0 fully saturated rings. The molecule has 0 atom stereocenters. The van der Waals surface area contributed by atoms with Crippen molar-refractivity contribution in [3.8, 4) is 0 Å². The summed E-state index contributed by atoms with van der Waals surface area (Å²) < 4.78 is 0. The van der Waals surface area contributed by atoms with Crippen molar-refractivity contribution in [3.05, 3.63) is 0 Å². The molecule has 0 aromatic carbocycles. The monoisotopic (exact) mass is 134 g/mol. The van der Waals surface area contributed by atoms with Crippen molar-refractivity contribution < 1.29 is 0 Å². The summed E-state index contributed by atoms with van der Waals surface area (Å²) in [6.45, 7) is 4.58. The molecule has 0 saturated heterocycles. The van der Waals surface area contributed by atoms with E-state index in [-0.39, 0.29) is 27.8 Å². The standard InChI is InChI=1S/B4H6Si3/c1-5-3-7-4-6-2/h5-7H2. The Morgan fingerprint density at radius 3 is 1.71 bits per heavy atom. The highest BCUT2D eigenvalue weighted by Crippen LogP contribution is 1.47. The quantitative estimate of drug-likeness (QED) is 0.269. The van der Waals surface area contributed by atoms with Gasteiger partial charge in [-0.1, -0.05) is 27.8 Å². The Bertz CT molecular complexity index is 26.1. The fourth-order valence-corrected chi connectivity index (χ4v) is 4.91. The van der Waals surface area contributed by atoms with Crippen LogP contribution in [0.1, 0.15) is 0 Å². The van der Waals surface area contributed by atoms with E-state index >= 15 is 0 Å². The van der Waals surface area contributed by atoms with Crippen LogP contribution < -0.4 is 0 Å². The van der Waals surface area contributed by atoms with Crippen LogP contribution in [0.5, 0.6) is 0 Å². The number of hydrogen-bond acceptors (Lipinski definition) is 0. The van der Waals surface area contributed by atoms with E-state index in [0.717, 1.165) is 0 Å². The van der Waals surface area contributed by atoms with Gasteiger partial charge in [-0.25, -0.2) is 0 Å². The van der Waals surface area contributed by atoms with E-state index in [1.165, 1.54) is 0 Å². The van der Waals surface area contributed by atoms with E-state index < -0.39 is 0 Å². The summed E-state index contributed by atoms with van der Waals surface area (Å²) in [5.41, 5.74) is 0. The zero-order valence-electron chi connectivity index (χ0n) is 4.43. The molecule has 0 saturated carbocycles. The van der Waals surface area contributed by atoms with Crippen LogP contribution in [0.2, 0.25) is 0 Å². The Morgan fingerprint density at radius 1 is 1.00 bits per heavy atom. The second kappa shape index (κ2) is 6.91. The molecule has 0 heterocycles. The summed E-state index contributed by atoms with van der Waals surface area (Å²) in [4.78, 5) is 0. The van der Waals surface area contributed by atoms with Crippen LogP contribution in [-0.2, 0) is 0 Å². The molecule has 0 N–H and O–H groups in total. The van der Waals surface area contributed by atoms with Crippen molar-refractivity contribution in [3.63, 3.8) is 0 Å². The predicted octanol–water partition coefficient (Wildman–Crippen LogP) is -4.27. The molecule has 0 nitrogen and oxygen atoms in total. The molecule has 0 spiro atoms. The first-order chi connectivity index (χ1) is 3.41. The molecule has 30 valence electrons. The zero-order chi connectivity index (χ0) is 5.54. The van der Waals surface area contributed by atoms with Crippen LogP contribution in [0, 0.1) is 0 Å². The summed E-state index contributed by atoms with van der Waals surface area (Å²) in [6, 6.07) is 0. The van der Waals surface area contributed by atoms with Crippen LogP contribution >= 0.6 is 0 Å². The molecule has 0 unspecified atom stereocenters. The van der Waals surface area contributed by atoms with E-state index in [1.807, 2.05) is 0 Å². The van der Waals surface area contributed by atoms with Crippen LogP contribution in [0.3, 0.4) is 0 Å². The van der Waals surface area contributed by atoms with E-state index in [9.17, 15) is 0 Å². The first-order valence-corrected chi connectivity index (χ1v) is 7.35. The molecule has 0 aromatic rings. The first kappa shape index (κ1) is 7.91. The van der Waals surface area contributed by atoms with Crippen LogP contribution in [0.15, 0.2) is 0 Å². The van der Waals surface area contributed by atoms with Crippen molar-refractivity contribution in [2.75, 3.05) is 0 Å². The van der Waals surface area contributed by atoms with E-state index in [0.29, 0.717) is 0 Å².